The van der Waals surface area contributed by atoms with Crippen molar-refractivity contribution in [3.63, 3.8) is 0 Å². The smallest absolute Gasteiger partial charge is 0.258 e. The molecule has 0 saturated heterocycles. The molecule has 5 heteroatoms. The van der Waals surface area contributed by atoms with Crippen molar-refractivity contribution < 1.29 is 4.79 Å². The summed E-state index contributed by atoms with van der Waals surface area (Å²) < 4.78 is 0. The number of alkyl halides is 2. The lowest BCUT2D eigenvalue weighted by molar-refractivity contribution is -0.114. The van der Waals surface area contributed by atoms with Gasteiger partial charge in [0.2, 0.25) is 0 Å². The van der Waals surface area contributed by atoms with Gasteiger partial charge in [0, 0.05) is 6.20 Å². The monoisotopic (exact) mass is 204 g/mol. The molecule has 0 aliphatic carbocycles. The number of anilines is 1. The van der Waals surface area contributed by atoms with Crippen LogP contribution in [0.3, 0.4) is 0 Å². The maximum Gasteiger partial charge on any atom is 0.258 e. The second-order valence-electron chi connectivity index (χ2n) is 2.00. The molecule has 0 radical (unpaired) electrons. The second-order valence-corrected chi connectivity index (χ2v) is 3.10. The maximum atomic E-state index is 10.9. The molecule has 3 nitrogen and oxygen atoms in total. The quantitative estimate of drug-likeness (QED) is 0.748. The van der Waals surface area contributed by atoms with Crippen molar-refractivity contribution in [1.82, 2.24) is 4.98 Å². The minimum absolute atomic E-state index is 0.439. The number of carbonyl (C=O) groups excluding carboxylic acids is 1. The molecule has 1 aromatic heterocycles. The molecule has 1 aromatic rings. The van der Waals surface area contributed by atoms with Gasteiger partial charge >= 0.3 is 0 Å². The van der Waals surface area contributed by atoms with Crippen LogP contribution in [-0.4, -0.2) is 15.7 Å². The molecule has 0 bridgehead atoms. The standard InChI is InChI=1S/C7H6Cl2N2O/c8-6(9)7(12)11-5-3-1-2-4-10-5/h1-4,6H,(H,10,11,12). The van der Waals surface area contributed by atoms with Gasteiger partial charge in [0.1, 0.15) is 5.82 Å². The summed E-state index contributed by atoms with van der Waals surface area (Å²) in [6, 6.07) is 5.14. The summed E-state index contributed by atoms with van der Waals surface area (Å²) in [5.74, 6) is -0.0363. The predicted octanol–water partition coefficient (Wildman–Crippen LogP) is 1.82. The highest BCUT2D eigenvalue weighted by atomic mass is 35.5. The van der Waals surface area contributed by atoms with Crippen molar-refractivity contribution in [2.75, 3.05) is 5.32 Å². The first-order valence-corrected chi connectivity index (χ1v) is 4.07. The van der Waals surface area contributed by atoms with Crippen LogP contribution in [-0.2, 0) is 4.79 Å². The Morgan fingerprint density at radius 2 is 2.25 bits per heavy atom. The van der Waals surface area contributed by atoms with Crippen LogP contribution in [0.2, 0.25) is 0 Å². The summed E-state index contributed by atoms with van der Waals surface area (Å²) in [5, 5.41) is 2.43. The normalized spacial score (nSPS) is 9.92. The Labute approximate surface area is 79.7 Å². The van der Waals surface area contributed by atoms with Crippen molar-refractivity contribution in [3.05, 3.63) is 24.4 Å². The molecule has 0 saturated carbocycles. The largest absolute Gasteiger partial charge is 0.308 e. The molecule has 0 aliphatic heterocycles. The Morgan fingerprint density at radius 3 is 2.75 bits per heavy atom. The van der Waals surface area contributed by atoms with E-state index in [-0.39, 0.29) is 0 Å². The molecule has 1 N–H and O–H groups in total. The lowest BCUT2D eigenvalue weighted by atomic mass is 10.4. The highest BCUT2D eigenvalue weighted by Gasteiger charge is 2.10. The Bertz CT molecular complexity index is 263. The summed E-state index contributed by atoms with van der Waals surface area (Å²) >= 11 is 10.6. The van der Waals surface area contributed by atoms with E-state index < -0.39 is 10.7 Å². The van der Waals surface area contributed by atoms with Crippen LogP contribution in [0.4, 0.5) is 5.82 Å². The number of rotatable bonds is 2. The van der Waals surface area contributed by atoms with E-state index in [0.29, 0.717) is 5.82 Å². The molecule has 0 unspecified atom stereocenters. The van der Waals surface area contributed by atoms with E-state index in [2.05, 4.69) is 10.3 Å². The number of nitrogens with one attached hydrogen (secondary N) is 1. The van der Waals surface area contributed by atoms with E-state index >= 15 is 0 Å². The summed E-state index contributed by atoms with van der Waals surface area (Å²) in [7, 11) is 0. The number of carbonyl (C=O) groups is 1. The van der Waals surface area contributed by atoms with Gasteiger partial charge in [-0.15, -0.1) is 0 Å². The first-order chi connectivity index (χ1) is 5.70. The maximum absolute atomic E-state index is 10.9. The zero-order valence-corrected chi connectivity index (χ0v) is 7.51. The molecule has 1 amide bonds. The van der Waals surface area contributed by atoms with Gasteiger partial charge in [0.15, 0.2) is 4.84 Å². The van der Waals surface area contributed by atoms with Crippen LogP contribution in [0.5, 0.6) is 0 Å². The fourth-order valence-corrected chi connectivity index (χ4v) is 0.727. The van der Waals surface area contributed by atoms with Gasteiger partial charge < -0.3 is 5.32 Å². The van der Waals surface area contributed by atoms with Crippen molar-refractivity contribution >= 4 is 34.9 Å². The molecule has 0 atom stereocenters. The van der Waals surface area contributed by atoms with Gasteiger partial charge in [-0.1, -0.05) is 29.3 Å². The number of aromatic nitrogens is 1. The van der Waals surface area contributed by atoms with Gasteiger partial charge in [-0.3, -0.25) is 4.79 Å². The lowest BCUT2D eigenvalue weighted by Crippen LogP contribution is -2.19. The van der Waals surface area contributed by atoms with Crippen LogP contribution >= 0.6 is 23.2 Å². The molecule has 1 rings (SSSR count). The van der Waals surface area contributed by atoms with E-state index in [9.17, 15) is 4.79 Å². The van der Waals surface area contributed by atoms with Crippen LogP contribution in [0, 0.1) is 0 Å². The number of hydrogen-bond donors (Lipinski definition) is 1. The molecule has 0 aromatic carbocycles. The summed E-state index contributed by atoms with van der Waals surface area (Å²) in [6.07, 6.45) is 1.56. The molecule has 0 aliphatic rings. The van der Waals surface area contributed by atoms with Crippen LogP contribution in [0.1, 0.15) is 0 Å². The Balaban J connectivity index is 2.59. The van der Waals surface area contributed by atoms with E-state index in [0.717, 1.165) is 0 Å². The molecule has 12 heavy (non-hydrogen) atoms. The Hall–Kier alpha value is -0.800. The van der Waals surface area contributed by atoms with Crippen molar-refractivity contribution in [1.29, 1.82) is 0 Å². The highest BCUT2D eigenvalue weighted by molar-refractivity contribution is 6.54. The minimum atomic E-state index is -1.06. The van der Waals surface area contributed by atoms with Crippen molar-refractivity contribution in [2.24, 2.45) is 0 Å². The van der Waals surface area contributed by atoms with Gasteiger partial charge in [-0.25, -0.2) is 4.98 Å². The van der Waals surface area contributed by atoms with Gasteiger partial charge in [-0.05, 0) is 12.1 Å². The van der Waals surface area contributed by atoms with Gasteiger partial charge in [-0.2, -0.15) is 0 Å². The molecule has 0 fully saturated rings. The molecular weight excluding hydrogens is 199 g/mol. The third-order valence-corrected chi connectivity index (χ3v) is 1.51. The van der Waals surface area contributed by atoms with Crippen molar-refractivity contribution in [2.45, 2.75) is 4.84 Å². The molecular formula is C7H6Cl2N2O. The topological polar surface area (TPSA) is 42.0 Å². The van der Waals surface area contributed by atoms with Gasteiger partial charge in [0.05, 0.1) is 0 Å². The van der Waals surface area contributed by atoms with E-state index in [1.165, 1.54) is 0 Å². The average Bonchev–Trinajstić information content (AvgIpc) is 2.06. The highest BCUT2D eigenvalue weighted by Crippen LogP contribution is 2.06. The number of pyridine rings is 1. The van der Waals surface area contributed by atoms with Crippen molar-refractivity contribution in [3.8, 4) is 0 Å². The second kappa shape index (κ2) is 4.28. The zero-order chi connectivity index (χ0) is 8.97. The Morgan fingerprint density at radius 1 is 1.50 bits per heavy atom. The third kappa shape index (κ3) is 2.68. The fraction of sp³-hybridized carbons (Fsp3) is 0.143. The third-order valence-electron chi connectivity index (χ3n) is 1.11. The van der Waals surface area contributed by atoms with Crippen LogP contribution in [0.25, 0.3) is 0 Å². The first kappa shape index (κ1) is 9.29. The zero-order valence-electron chi connectivity index (χ0n) is 6.00. The SMILES string of the molecule is O=C(Nc1ccccn1)C(Cl)Cl. The van der Waals surface area contributed by atoms with Gasteiger partial charge in [0.25, 0.3) is 5.91 Å². The van der Waals surface area contributed by atoms with E-state index in [4.69, 9.17) is 23.2 Å². The van der Waals surface area contributed by atoms with Crippen LogP contribution in [0.15, 0.2) is 24.4 Å². The lowest BCUT2D eigenvalue weighted by Gasteiger charge is -2.02. The Kier molecular flexibility index (Phi) is 3.31. The van der Waals surface area contributed by atoms with E-state index in [1.807, 2.05) is 0 Å². The number of amides is 1. The van der Waals surface area contributed by atoms with Crippen LogP contribution < -0.4 is 5.32 Å². The molecule has 64 valence electrons. The predicted molar refractivity (Wildman–Crippen MR) is 48.4 cm³/mol. The summed E-state index contributed by atoms with van der Waals surface area (Å²) in [4.78, 5) is 13.7. The number of nitrogens with zero attached hydrogens (tertiary/aromatic N) is 1. The molecule has 1 heterocycles. The van der Waals surface area contributed by atoms with E-state index in [1.54, 1.807) is 24.4 Å². The summed E-state index contributed by atoms with van der Waals surface area (Å²) in [6.45, 7) is 0. The number of halogens is 2. The first-order valence-electron chi connectivity index (χ1n) is 3.20. The molecule has 0 spiro atoms. The average molecular weight is 205 g/mol. The fourth-order valence-electron chi connectivity index (χ4n) is 0.617. The number of hydrogen-bond acceptors (Lipinski definition) is 2. The summed E-state index contributed by atoms with van der Waals surface area (Å²) in [5.41, 5.74) is 0. The minimum Gasteiger partial charge on any atom is -0.308 e.